The number of carboxylic acid groups (broad SMARTS) is 1. The summed E-state index contributed by atoms with van der Waals surface area (Å²) in [5.74, 6) is -0.922. The molecular formula is C7H14ClNO3. The van der Waals surface area contributed by atoms with Crippen LogP contribution in [0.4, 0.5) is 0 Å². The largest absolute Gasteiger partial charge is 0.481 e. The summed E-state index contributed by atoms with van der Waals surface area (Å²) in [6.45, 7) is 1.64. The molecule has 1 fully saturated rings. The van der Waals surface area contributed by atoms with E-state index in [-0.39, 0.29) is 24.7 Å². The Morgan fingerprint density at radius 2 is 2.33 bits per heavy atom. The zero-order valence-electron chi connectivity index (χ0n) is 6.86. The van der Waals surface area contributed by atoms with Crippen LogP contribution in [0.2, 0.25) is 0 Å². The zero-order valence-corrected chi connectivity index (χ0v) is 7.67. The van der Waals surface area contributed by atoms with Crippen LogP contribution < -0.4 is 5.73 Å². The normalized spacial score (nSPS) is 35.1. The maximum atomic E-state index is 10.3. The molecule has 4 nitrogen and oxygen atoms in total. The Bertz CT molecular complexity index is 185. The molecule has 0 bridgehead atoms. The number of carbonyl (C=O) groups is 1. The molecule has 1 rings (SSSR count). The number of carboxylic acids is 1. The molecule has 0 radical (unpaired) electrons. The Morgan fingerprint density at radius 3 is 2.58 bits per heavy atom. The van der Waals surface area contributed by atoms with Gasteiger partial charge in [-0.1, -0.05) is 0 Å². The first-order valence-corrected chi connectivity index (χ1v) is 3.64. The van der Waals surface area contributed by atoms with Crippen molar-refractivity contribution in [2.24, 2.45) is 11.7 Å². The molecule has 0 aliphatic heterocycles. The fraction of sp³-hybridized carbons (Fsp3) is 0.857. The second-order valence-electron chi connectivity index (χ2n) is 3.35. The van der Waals surface area contributed by atoms with Gasteiger partial charge in [-0.3, -0.25) is 4.79 Å². The molecule has 0 spiro atoms. The van der Waals surface area contributed by atoms with Gasteiger partial charge in [-0.05, 0) is 13.3 Å². The molecular weight excluding hydrogens is 182 g/mol. The highest BCUT2D eigenvalue weighted by Gasteiger charge is 2.54. The van der Waals surface area contributed by atoms with Gasteiger partial charge in [0.15, 0.2) is 0 Å². The summed E-state index contributed by atoms with van der Waals surface area (Å²) in [6.07, 6.45) is 0.0962. The molecule has 72 valence electrons. The summed E-state index contributed by atoms with van der Waals surface area (Å²) in [5.41, 5.74) is 5.01. The summed E-state index contributed by atoms with van der Waals surface area (Å²) < 4.78 is 0. The fourth-order valence-electron chi connectivity index (χ4n) is 1.49. The van der Waals surface area contributed by atoms with Gasteiger partial charge in [0.05, 0.1) is 12.5 Å². The molecule has 5 heteroatoms. The summed E-state index contributed by atoms with van der Waals surface area (Å²) in [5, 5.41) is 17.5. The monoisotopic (exact) mass is 195 g/mol. The second-order valence-corrected chi connectivity index (χ2v) is 3.35. The molecule has 4 N–H and O–H groups in total. The Morgan fingerprint density at radius 1 is 1.83 bits per heavy atom. The average molecular weight is 196 g/mol. The Labute approximate surface area is 77.2 Å². The van der Waals surface area contributed by atoms with E-state index in [4.69, 9.17) is 15.9 Å². The number of aliphatic hydroxyl groups is 1. The molecule has 1 saturated carbocycles. The minimum absolute atomic E-state index is 0. The van der Waals surface area contributed by atoms with E-state index in [1.165, 1.54) is 0 Å². The summed E-state index contributed by atoms with van der Waals surface area (Å²) >= 11 is 0. The highest BCUT2D eigenvalue weighted by atomic mass is 35.5. The number of hydrogen-bond donors (Lipinski definition) is 3. The van der Waals surface area contributed by atoms with Crippen LogP contribution in [0.15, 0.2) is 0 Å². The minimum atomic E-state index is -0.893. The lowest BCUT2D eigenvalue weighted by atomic mass is 10.1. The second kappa shape index (κ2) is 3.60. The van der Waals surface area contributed by atoms with Crippen molar-refractivity contribution in [2.45, 2.75) is 31.4 Å². The van der Waals surface area contributed by atoms with Crippen LogP contribution >= 0.6 is 12.4 Å². The van der Waals surface area contributed by atoms with Crippen molar-refractivity contribution in [1.82, 2.24) is 0 Å². The van der Waals surface area contributed by atoms with Crippen LogP contribution in [0.5, 0.6) is 0 Å². The molecule has 0 aromatic heterocycles. The Kier molecular flexibility index (Phi) is 3.50. The van der Waals surface area contributed by atoms with Gasteiger partial charge in [0.1, 0.15) is 0 Å². The lowest BCUT2D eigenvalue weighted by Crippen LogP contribution is -2.31. The van der Waals surface area contributed by atoms with Gasteiger partial charge in [0.25, 0.3) is 0 Å². The van der Waals surface area contributed by atoms with E-state index in [2.05, 4.69) is 0 Å². The average Bonchev–Trinajstić information content (AvgIpc) is 2.39. The molecule has 1 aliphatic rings. The van der Waals surface area contributed by atoms with E-state index in [0.29, 0.717) is 6.42 Å². The lowest BCUT2D eigenvalue weighted by Gasteiger charge is -2.09. The van der Waals surface area contributed by atoms with Crippen LogP contribution in [0, 0.1) is 5.92 Å². The number of aliphatic carboxylic acids is 1. The molecule has 1 aliphatic carbocycles. The number of rotatable bonds is 3. The van der Waals surface area contributed by atoms with E-state index in [1.807, 2.05) is 0 Å². The van der Waals surface area contributed by atoms with Crippen molar-refractivity contribution >= 4 is 18.4 Å². The van der Waals surface area contributed by atoms with Crippen molar-refractivity contribution in [1.29, 1.82) is 0 Å². The van der Waals surface area contributed by atoms with Gasteiger partial charge in [-0.15, -0.1) is 12.4 Å². The van der Waals surface area contributed by atoms with Gasteiger partial charge >= 0.3 is 5.97 Å². The Balaban J connectivity index is 0.00000121. The Hall–Kier alpha value is -0.320. The zero-order chi connectivity index (χ0) is 8.65. The standard InChI is InChI=1S/C7H13NO3.ClH/c1-4(9)5-2-7(5,8)3-6(10)11;/h4-5,9H,2-3,8H2,1H3,(H,10,11);1H. The van der Waals surface area contributed by atoms with Crippen molar-refractivity contribution in [2.75, 3.05) is 0 Å². The van der Waals surface area contributed by atoms with Gasteiger partial charge in [0, 0.05) is 11.5 Å². The molecule has 0 aromatic carbocycles. The number of nitrogens with two attached hydrogens (primary N) is 1. The third kappa shape index (κ3) is 2.33. The molecule has 12 heavy (non-hydrogen) atoms. The predicted molar refractivity (Wildman–Crippen MR) is 46.2 cm³/mol. The van der Waals surface area contributed by atoms with Gasteiger partial charge in [0.2, 0.25) is 0 Å². The third-order valence-corrected chi connectivity index (χ3v) is 2.24. The number of hydrogen-bond acceptors (Lipinski definition) is 3. The third-order valence-electron chi connectivity index (χ3n) is 2.24. The van der Waals surface area contributed by atoms with Gasteiger partial charge < -0.3 is 15.9 Å². The molecule has 0 aromatic rings. The fourth-order valence-corrected chi connectivity index (χ4v) is 1.49. The van der Waals surface area contributed by atoms with Crippen LogP contribution in [0.25, 0.3) is 0 Å². The number of halogens is 1. The van der Waals surface area contributed by atoms with Gasteiger partial charge in [-0.25, -0.2) is 0 Å². The molecule has 0 amide bonds. The first kappa shape index (κ1) is 11.7. The number of aliphatic hydroxyl groups excluding tert-OH is 1. The van der Waals surface area contributed by atoms with Crippen molar-refractivity contribution in [3.63, 3.8) is 0 Å². The van der Waals surface area contributed by atoms with Crippen LogP contribution in [0.3, 0.4) is 0 Å². The summed E-state index contributed by atoms with van der Waals surface area (Å²) in [6, 6.07) is 0. The van der Waals surface area contributed by atoms with E-state index < -0.39 is 17.6 Å². The van der Waals surface area contributed by atoms with E-state index in [0.717, 1.165) is 0 Å². The molecule has 3 unspecified atom stereocenters. The van der Waals surface area contributed by atoms with Crippen LogP contribution in [-0.4, -0.2) is 27.8 Å². The van der Waals surface area contributed by atoms with E-state index in [9.17, 15) is 4.79 Å². The van der Waals surface area contributed by atoms with E-state index in [1.54, 1.807) is 6.92 Å². The van der Waals surface area contributed by atoms with Crippen molar-refractivity contribution in [3.8, 4) is 0 Å². The summed E-state index contributed by atoms with van der Waals surface area (Å²) in [7, 11) is 0. The highest BCUT2D eigenvalue weighted by molar-refractivity contribution is 5.85. The molecule has 3 atom stereocenters. The summed E-state index contributed by atoms with van der Waals surface area (Å²) in [4.78, 5) is 10.3. The van der Waals surface area contributed by atoms with Crippen molar-refractivity contribution in [3.05, 3.63) is 0 Å². The SMILES string of the molecule is CC(O)C1CC1(N)CC(=O)O.Cl. The predicted octanol–water partition coefficient (Wildman–Crippen LogP) is -0.0189. The smallest absolute Gasteiger partial charge is 0.305 e. The van der Waals surface area contributed by atoms with E-state index >= 15 is 0 Å². The van der Waals surface area contributed by atoms with Crippen LogP contribution in [-0.2, 0) is 4.79 Å². The maximum Gasteiger partial charge on any atom is 0.305 e. The van der Waals surface area contributed by atoms with Crippen molar-refractivity contribution < 1.29 is 15.0 Å². The first-order valence-electron chi connectivity index (χ1n) is 3.64. The first-order chi connectivity index (χ1) is 4.96. The highest BCUT2D eigenvalue weighted by Crippen LogP contribution is 2.45. The topological polar surface area (TPSA) is 83.5 Å². The minimum Gasteiger partial charge on any atom is -0.481 e. The maximum absolute atomic E-state index is 10.3. The quantitative estimate of drug-likeness (QED) is 0.591. The lowest BCUT2D eigenvalue weighted by molar-refractivity contribution is -0.137. The van der Waals surface area contributed by atoms with Crippen LogP contribution in [0.1, 0.15) is 19.8 Å². The molecule has 0 saturated heterocycles. The molecule has 0 heterocycles. The van der Waals surface area contributed by atoms with Gasteiger partial charge in [-0.2, -0.15) is 0 Å².